The second-order valence-corrected chi connectivity index (χ2v) is 12.9. The van der Waals surface area contributed by atoms with Crippen molar-refractivity contribution in [2.24, 2.45) is 0 Å². The number of aromatic hydroxyl groups is 1. The smallest absolute Gasteiger partial charge is 0.411 e. The molecule has 4 rings (SSSR count). The topological polar surface area (TPSA) is 92.2 Å². The van der Waals surface area contributed by atoms with E-state index >= 15 is 0 Å². The molecular weight excluding hydrogens is 564 g/mol. The highest BCUT2D eigenvalue weighted by atomic mass is 19.4. The SMILES string of the molecule is CC(C)(C)Nc1cc(C(c2ccc3c(c2)Nc2nc(C(C)(C)C)nc(n2)C(C)(C)O3)(C(F)(F)F)C(F)(F)F)ccc1O. The summed E-state index contributed by atoms with van der Waals surface area (Å²) < 4.78 is 95.9. The van der Waals surface area contributed by atoms with Crippen molar-refractivity contribution in [2.75, 3.05) is 10.6 Å². The van der Waals surface area contributed by atoms with Crippen LogP contribution in [0.25, 0.3) is 0 Å². The molecule has 2 bridgehead atoms. The lowest BCUT2D eigenvalue weighted by atomic mass is 9.72. The van der Waals surface area contributed by atoms with Crippen LogP contribution < -0.4 is 15.4 Å². The Hall–Kier alpha value is -3.77. The van der Waals surface area contributed by atoms with Crippen molar-refractivity contribution in [1.29, 1.82) is 0 Å². The largest absolute Gasteiger partial charge is 0.506 e. The standard InChI is InChI=1S/C29H33F6N5O2/c1-24(2,3)21-37-22-26(7,8)42-20-12-10-16(14-18(20)36-23(38-21)39-22)27(28(30,31)32,29(33,34)35)15-9-11-19(41)17(13-15)40-25(4,5)6/h9-14,40-41H,1-8H3,(H,36,37,38,39). The number of ether oxygens (including phenoxy) is 1. The van der Waals surface area contributed by atoms with Crippen LogP contribution in [0, 0.1) is 0 Å². The van der Waals surface area contributed by atoms with Crippen LogP contribution in [-0.4, -0.2) is 37.9 Å². The highest BCUT2D eigenvalue weighted by Crippen LogP contribution is 2.58. The monoisotopic (exact) mass is 597 g/mol. The van der Waals surface area contributed by atoms with Gasteiger partial charge in [-0.25, -0.2) is 4.98 Å². The summed E-state index contributed by atoms with van der Waals surface area (Å²) in [6, 6.07) is 4.67. The van der Waals surface area contributed by atoms with Crippen molar-refractivity contribution in [3.05, 3.63) is 59.2 Å². The zero-order chi connectivity index (χ0) is 31.7. The Morgan fingerprint density at radius 2 is 1.38 bits per heavy atom. The Balaban J connectivity index is 2.00. The zero-order valence-corrected chi connectivity index (χ0v) is 24.4. The molecule has 0 saturated heterocycles. The number of aromatic nitrogens is 3. The number of nitrogens with one attached hydrogen (secondary N) is 2. The van der Waals surface area contributed by atoms with E-state index in [9.17, 15) is 31.4 Å². The van der Waals surface area contributed by atoms with Crippen molar-refractivity contribution in [3.63, 3.8) is 0 Å². The fourth-order valence-corrected chi connectivity index (χ4v) is 4.68. The van der Waals surface area contributed by atoms with Crippen LogP contribution in [0.3, 0.4) is 0 Å². The normalized spacial score (nSPS) is 15.6. The molecule has 1 aromatic heterocycles. The van der Waals surface area contributed by atoms with Crippen molar-refractivity contribution in [1.82, 2.24) is 15.0 Å². The fourth-order valence-electron chi connectivity index (χ4n) is 4.68. The van der Waals surface area contributed by atoms with Crippen molar-refractivity contribution in [2.45, 2.75) is 89.7 Å². The summed E-state index contributed by atoms with van der Waals surface area (Å²) in [7, 11) is 0. The maximum atomic E-state index is 15.0. The van der Waals surface area contributed by atoms with Crippen LogP contribution in [0.4, 0.5) is 43.7 Å². The average Bonchev–Trinajstić information content (AvgIpc) is 2.79. The first kappa shape index (κ1) is 31.2. The van der Waals surface area contributed by atoms with Crippen LogP contribution in [0.5, 0.6) is 11.5 Å². The molecular formula is C29H33F6N5O2. The van der Waals surface area contributed by atoms with E-state index in [0.717, 1.165) is 24.3 Å². The van der Waals surface area contributed by atoms with Crippen molar-refractivity contribution < 1.29 is 36.2 Å². The molecule has 3 aromatic rings. The average molecular weight is 598 g/mol. The molecule has 0 atom stereocenters. The molecule has 228 valence electrons. The Morgan fingerprint density at radius 1 is 0.810 bits per heavy atom. The van der Waals surface area contributed by atoms with E-state index < -0.39 is 51.2 Å². The minimum atomic E-state index is -5.85. The molecule has 1 aliphatic heterocycles. The van der Waals surface area contributed by atoms with E-state index in [1.165, 1.54) is 0 Å². The van der Waals surface area contributed by atoms with Gasteiger partial charge in [-0.3, -0.25) is 0 Å². The van der Waals surface area contributed by atoms with Gasteiger partial charge in [0.25, 0.3) is 0 Å². The van der Waals surface area contributed by atoms with Gasteiger partial charge < -0.3 is 20.5 Å². The molecule has 0 spiro atoms. The molecule has 0 amide bonds. The Labute approximate surface area is 239 Å². The van der Waals surface area contributed by atoms with Gasteiger partial charge >= 0.3 is 12.4 Å². The van der Waals surface area contributed by atoms with Crippen LogP contribution in [0.15, 0.2) is 36.4 Å². The molecule has 42 heavy (non-hydrogen) atoms. The summed E-state index contributed by atoms with van der Waals surface area (Å²) in [5.74, 6) is 0.0299. The van der Waals surface area contributed by atoms with Crippen LogP contribution in [0.1, 0.15) is 78.2 Å². The molecule has 0 fully saturated rings. The Kier molecular flexibility index (Phi) is 7.15. The minimum Gasteiger partial charge on any atom is -0.506 e. The second kappa shape index (κ2) is 9.63. The van der Waals surface area contributed by atoms with E-state index in [1.807, 2.05) is 20.8 Å². The second-order valence-electron chi connectivity index (χ2n) is 12.9. The number of nitrogens with zero attached hydrogens (tertiary/aromatic N) is 3. The van der Waals surface area contributed by atoms with Crippen LogP contribution >= 0.6 is 0 Å². The molecule has 0 unspecified atom stereocenters. The lowest BCUT2D eigenvalue weighted by molar-refractivity contribution is -0.288. The number of fused-ring (bicyclic) bond motifs is 3. The zero-order valence-electron chi connectivity index (χ0n) is 24.4. The van der Waals surface area contributed by atoms with E-state index in [4.69, 9.17) is 4.74 Å². The summed E-state index contributed by atoms with van der Waals surface area (Å²) in [6.07, 6.45) is -11.7. The highest BCUT2D eigenvalue weighted by molar-refractivity contribution is 5.68. The maximum Gasteiger partial charge on any atom is 0.411 e. The van der Waals surface area contributed by atoms with Gasteiger partial charge in [0.2, 0.25) is 11.4 Å². The Morgan fingerprint density at radius 3 is 1.93 bits per heavy atom. The van der Waals surface area contributed by atoms with Crippen molar-refractivity contribution in [3.8, 4) is 11.5 Å². The first-order valence-corrected chi connectivity index (χ1v) is 13.1. The predicted octanol–water partition coefficient (Wildman–Crippen LogP) is 7.87. The van der Waals surface area contributed by atoms with Crippen LogP contribution in [0.2, 0.25) is 0 Å². The van der Waals surface area contributed by atoms with E-state index in [0.29, 0.717) is 18.0 Å². The predicted molar refractivity (Wildman–Crippen MR) is 146 cm³/mol. The number of alkyl halides is 6. The molecule has 7 nitrogen and oxygen atoms in total. The number of phenols is 1. The molecule has 0 saturated carbocycles. The van der Waals surface area contributed by atoms with Crippen LogP contribution in [-0.2, 0) is 16.4 Å². The third-order valence-corrected chi connectivity index (χ3v) is 6.66. The van der Waals surface area contributed by atoms with Crippen molar-refractivity contribution >= 4 is 17.3 Å². The molecule has 1 aliphatic rings. The molecule has 2 aromatic carbocycles. The van der Waals surface area contributed by atoms with Gasteiger partial charge in [-0.2, -0.15) is 36.3 Å². The number of anilines is 3. The minimum absolute atomic E-state index is 0.0164. The van der Waals surface area contributed by atoms with E-state index in [1.54, 1.807) is 34.6 Å². The molecule has 0 aliphatic carbocycles. The molecule has 0 radical (unpaired) electrons. The number of halogens is 6. The third-order valence-electron chi connectivity index (χ3n) is 6.66. The summed E-state index contributed by atoms with van der Waals surface area (Å²) in [5, 5.41) is 15.8. The summed E-state index contributed by atoms with van der Waals surface area (Å²) in [6.45, 7) is 13.8. The van der Waals surface area contributed by atoms with E-state index in [2.05, 4.69) is 25.6 Å². The molecule has 2 heterocycles. The molecule has 13 heteroatoms. The lowest BCUT2D eigenvalue weighted by Crippen LogP contribution is -2.54. The Bertz CT molecular complexity index is 1490. The summed E-state index contributed by atoms with van der Waals surface area (Å²) in [4.78, 5) is 13.2. The van der Waals surface area contributed by atoms with Gasteiger partial charge in [-0.05, 0) is 70.0 Å². The number of phenolic OH excluding ortho intramolecular Hbond substituents is 1. The van der Waals surface area contributed by atoms with Gasteiger partial charge in [0.1, 0.15) is 17.3 Å². The number of hydrogen-bond donors (Lipinski definition) is 3. The van der Waals surface area contributed by atoms with Gasteiger partial charge in [-0.15, -0.1) is 0 Å². The van der Waals surface area contributed by atoms with E-state index in [-0.39, 0.29) is 28.9 Å². The lowest BCUT2D eigenvalue weighted by Gasteiger charge is -2.39. The summed E-state index contributed by atoms with van der Waals surface area (Å²) in [5.41, 5.74) is -9.72. The first-order valence-electron chi connectivity index (χ1n) is 13.1. The quantitative estimate of drug-likeness (QED) is 0.209. The van der Waals surface area contributed by atoms with Gasteiger partial charge in [0, 0.05) is 11.0 Å². The number of rotatable bonds is 3. The molecule has 3 N–H and O–H groups in total. The van der Waals surface area contributed by atoms with Gasteiger partial charge in [-0.1, -0.05) is 32.9 Å². The third kappa shape index (κ3) is 5.52. The van der Waals surface area contributed by atoms with Gasteiger partial charge in [0.05, 0.1) is 11.4 Å². The number of benzene rings is 2. The number of hydrogen-bond acceptors (Lipinski definition) is 7. The first-order chi connectivity index (χ1) is 19.0. The summed E-state index contributed by atoms with van der Waals surface area (Å²) >= 11 is 0. The fraction of sp³-hybridized carbons (Fsp3) is 0.483. The van der Waals surface area contributed by atoms with Gasteiger partial charge in [0.15, 0.2) is 11.4 Å². The highest BCUT2D eigenvalue weighted by Gasteiger charge is 2.72. The maximum absolute atomic E-state index is 15.0.